The highest BCUT2D eigenvalue weighted by Crippen LogP contribution is 2.05. The van der Waals surface area contributed by atoms with E-state index in [4.69, 9.17) is 4.74 Å². The quantitative estimate of drug-likeness (QED) is 0.598. The zero-order valence-electron chi connectivity index (χ0n) is 8.49. The van der Waals surface area contributed by atoms with Crippen molar-refractivity contribution >= 4 is 0 Å². The zero-order chi connectivity index (χ0) is 9.68. The highest BCUT2D eigenvalue weighted by molar-refractivity contribution is 4.79. The van der Waals surface area contributed by atoms with Gasteiger partial charge in [-0.15, -0.1) is 0 Å². The summed E-state index contributed by atoms with van der Waals surface area (Å²) in [4.78, 5) is 2.29. The highest BCUT2D eigenvalue weighted by Gasteiger charge is 2.19. The van der Waals surface area contributed by atoms with E-state index in [0.29, 0.717) is 19.2 Å². The van der Waals surface area contributed by atoms with Crippen molar-refractivity contribution in [3.63, 3.8) is 0 Å². The average Bonchev–Trinajstić information content (AvgIpc) is 2.49. The molecule has 78 valence electrons. The summed E-state index contributed by atoms with van der Waals surface area (Å²) in [6.45, 7) is 3.28. The molecule has 0 spiro atoms. The number of likely N-dealkylation sites (N-methyl/N-ethyl adjacent to an activating group) is 1. The van der Waals surface area contributed by atoms with Crippen LogP contribution in [0.4, 0.5) is 0 Å². The van der Waals surface area contributed by atoms with Gasteiger partial charge in [0.05, 0.1) is 12.7 Å². The van der Waals surface area contributed by atoms with Gasteiger partial charge in [-0.1, -0.05) is 0 Å². The molecule has 2 unspecified atom stereocenters. The minimum absolute atomic E-state index is 0.379. The molecule has 4 heteroatoms. The second-order valence-electron chi connectivity index (χ2n) is 3.77. The molecule has 1 heterocycles. The van der Waals surface area contributed by atoms with Gasteiger partial charge in [-0.25, -0.2) is 0 Å². The van der Waals surface area contributed by atoms with Crippen molar-refractivity contribution in [3.05, 3.63) is 0 Å². The summed E-state index contributed by atoms with van der Waals surface area (Å²) in [5, 5.41) is 12.7. The Hall–Kier alpha value is -0.160. The summed E-state index contributed by atoms with van der Waals surface area (Å²) < 4.78 is 4.84. The van der Waals surface area contributed by atoms with Crippen LogP contribution >= 0.6 is 0 Å². The molecule has 0 saturated carbocycles. The van der Waals surface area contributed by atoms with Gasteiger partial charge in [-0.2, -0.15) is 0 Å². The summed E-state index contributed by atoms with van der Waals surface area (Å²) >= 11 is 0. The topological polar surface area (TPSA) is 44.7 Å². The van der Waals surface area contributed by atoms with Crippen LogP contribution in [0.15, 0.2) is 0 Å². The van der Waals surface area contributed by atoms with E-state index in [1.54, 1.807) is 7.11 Å². The first-order valence-electron chi connectivity index (χ1n) is 4.81. The van der Waals surface area contributed by atoms with Crippen molar-refractivity contribution in [2.45, 2.75) is 18.6 Å². The van der Waals surface area contributed by atoms with Crippen LogP contribution in [0.25, 0.3) is 0 Å². The van der Waals surface area contributed by atoms with Crippen LogP contribution in [0.1, 0.15) is 6.42 Å². The van der Waals surface area contributed by atoms with Crippen molar-refractivity contribution in [2.75, 3.05) is 40.4 Å². The molecular formula is C9H20N2O2. The Morgan fingerprint density at radius 1 is 1.69 bits per heavy atom. The van der Waals surface area contributed by atoms with Crippen molar-refractivity contribution in [3.8, 4) is 0 Å². The lowest BCUT2D eigenvalue weighted by atomic mass is 10.2. The van der Waals surface area contributed by atoms with Gasteiger partial charge in [-0.05, 0) is 20.0 Å². The number of hydrogen-bond donors (Lipinski definition) is 2. The van der Waals surface area contributed by atoms with E-state index in [2.05, 4.69) is 17.3 Å². The Morgan fingerprint density at radius 3 is 3.00 bits per heavy atom. The lowest BCUT2D eigenvalue weighted by Gasteiger charge is -2.15. The van der Waals surface area contributed by atoms with Gasteiger partial charge < -0.3 is 20.1 Å². The number of methoxy groups -OCH3 is 1. The second kappa shape index (κ2) is 5.54. The molecule has 0 aliphatic carbocycles. The Kier molecular flexibility index (Phi) is 4.66. The van der Waals surface area contributed by atoms with Crippen molar-refractivity contribution in [1.82, 2.24) is 10.2 Å². The third-order valence-corrected chi connectivity index (χ3v) is 2.39. The standard InChI is InChI=1S/C9H20N2O2/c1-11-4-3-8(6-11)10-5-9(12)7-13-2/h8-10,12H,3-7H2,1-2H3. The minimum atomic E-state index is -0.379. The van der Waals surface area contributed by atoms with E-state index in [-0.39, 0.29) is 6.10 Å². The molecule has 1 aliphatic heterocycles. The summed E-state index contributed by atoms with van der Waals surface area (Å²) in [5.41, 5.74) is 0. The number of nitrogens with one attached hydrogen (secondary N) is 1. The molecule has 0 aromatic heterocycles. The number of aliphatic hydroxyl groups is 1. The number of hydrogen-bond acceptors (Lipinski definition) is 4. The van der Waals surface area contributed by atoms with E-state index in [0.717, 1.165) is 13.1 Å². The number of ether oxygens (including phenoxy) is 1. The van der Waals surface area contributed by atoms with Crippen molar-refractivity contribution in [1.29, 1.82) is 0 Å². The van der Waals surface area contributed by atoms with Crippen LogP contribution < -0.4 is 5.32 Å². The fourth-order valence-corrected chi connectivity index (χ4v) is 1.66. The minimum Gasteiger partial charge on any atom is -0.389 e. The largest absolute Gasteiger partial charge is 0.389 e. The molecule has 1 fully saturated rings. The van der Waals surface area contributed by atoms with Gasteiger partial charge in [0.25, 0.3) is 0 Å². The number of nitrogens with zero attached hydrogens (tertiary/aromatic N) is 1. The van der Waals surface area contributed by atoms with E-state index >= 15 is 0 Å². The molecule has 1 aliphatic rings. The van der Waals surface area contributed by atoms with E-state index < -0.39 is 0 Å². The van der Waals surface area contributed by atoms with Crippen molar-refractivity contribution in [2.24, 2.45) is 0 Å². The molecule has 1 rings (SSSR count). The maximum atomic E-state index is 9.37. The SMILES string of the molecule is COCC(O)CNC1CCN(C)C1. The fourth-order valence-electron chi connectivity index (χ4n) is 1.66. The number of likely N-dealkylation sites (tertiary alicyclic amines) is 1. The molecule has 13 heavy (non-hydrogen) atoms. The summed E-state index contributed by atoms with van der Waals surface area (Å²) in [5.74, 6) is 0. The summed E-state index contributed by atoms with van der Waals surface area (Å²) in [6.07, 6.45) is 0.798. The zero-order valence-corrected chi connectivity index (χ0v) is 8.49. The van der Waals surface area contributed by atoms with Gasteiger partial charge >= 0.3 is 0 Å². The van der Waals surface area contributed by atoms with Crippen molar-refractivity contribution < 1.29 is 9.84 Å². The van der Waals surface area contributed by atoms with Gasteiger partial charge in [0.2, 0.25) is 0 Å². The summed E-state index contributed by atoms with van der Waals surface area (Å²) in [7, 11) is 3.72. The molecule has 0 aromatic rings. The molecule has 4 nitrogen and oxygen atoms in total. The number of rotatable bonds is 5. The first-order chi connectivity index (χ1) is 6.22. The predicted molar refractivity (Wildman–Crippen MR) is 51.8 cm³/mol. The highest BCUT2D eigenvalue weighted by atomic mass is 16.5. The Bertz CT molecular complexity index is 144. The van der Waals surface area contributed by atoms with Gasteiger partial charge in [0.1, 0.15) is 0 Å². The van der Waals surface area contributed by atoms with Crippen LogP contribution in [0.5, 0.6) is 0 Å². The molecule has 2 N–H and O–H groups in total. The Morgan fingerprint density at radius 2 is 2.46 bits per heavy atom. The van der Waals surface area contributed by atoms with Crippen LogP contribution in [-0.2, 0) is 4.74 Å². The molecule has 0 amide bonds. The molecular weight excluding hydrogens is 168 g/mol. The Balaban J connectivity index is 2.05. The third kappa shape index (κ3) is 4.04. The third-order valence-electron chi connectivity index (χ3n) is 2.39. The Labute approximate surface area is 79.9 Å². The average molecular weight is 188 g/mol. The smallest absolute Gasteiger partial charge is 0.0897 e. The summed E-state index contributed by atoms with van der Waals surface area (Å²) in [6, 6.07) is 0.538. The normalized spacial score (nSPS) is 26.5. The predicted octanol–water partition coefficient (Wildman–Crippen LogP) is -0.713. The van der Waals surface area contributed by atoms with Crippen LogP contribution in [0.3, 0.4) is 0 Å². The lowest BCUT2D eigenvalue weighted by molar-refractivity contribution is 0.0629. The number of aliphatic hydroxyl groups excluding tert-OH is 1. The van der Waals surface area contributed by atoms with Gasteiger partial charge in [0.15, 0.2) is 0 Å². The maximum absolute atomic E-state index is 9.37. The van der Waals surface area contributed by atoms with E-state index in [1.807, 2.05) is 0 Å². The maximum Gasteiger partial charge on any atom is 0.0897 e. The molecule has 0 bridgehead atoms. The molecule has 2 atom stereocenters. The van der Waals surface area contributed by atoms with Gasteiger partial charge in [0, 0.05) is 26.2 Å². The molecule has 1 saturated heterocycles. The van der Waals surface area contributed by atoms with Gasteiger partial charge in [-0.3, -0.25) is 0 Å². The second-order valence-corrected chi connectivity index (χ2v) is 3.77. The fraction of sp³-hybridized carbons (Fsp3) is 1.00. The molecule has 0 aromatic carbocycles. The van der Waals surface area contributed by atoms with E-state index in [1.165, 1.54) is 6.42 Å². The van der Waals surface area contributed by atoms with Crippen LogP contribution in [0.2, 0.25) is 0 Å². The van der Waals surface area contributed by atoms with E-state index in [9.17, 15) is 5.11 Å². The van der Waals surface area contributed by atoms with Crippen LogP contribution in [0, 0.1) is 0 Å². The lowest BCUT2D eigenvalue weighted by Crippen LogP contribution is -2.38. The molecule has 0 radical (unpaired) electrons. The first-order valence-corrected chi connectivity index (χ1v) is 4.81. The first kappa shape index (κ1) is 10.9. The monoisotopic (exact) mass is 188 g/mol. The van der Waals surface area contributed by atoms with Crippen LogP contribution in [-0.4, -0.2) is 62.6 Å².